The Kier molecular flexibility index (Phi) is 9.41. The Morgan fingerprint density at radius 2 is 1.93 bits per heavy atom. The Morgan fingerprint density at radius 3 is 2.60 bits per heavy atom. The summed E-state index contributed by atoms with van der Waals surface area (Å²) in [5.74, 6) is -1.34. The fourth-order valence-electron chi connectivity index (χ4n) is 2.52. The van der Waals surface area contributed by atoms with Gasteiger partial charge >= 0.3 is 6.61 Å². The smallest absolute Gasteiger partial charge is 0.345 e. The van der Waals surface area contributed by atoms with Gasteiger partial charge in [-0.05, 0) is 12.1 Å². The molecule has 1 aromatic rings. The summed E-state index contributed by atoms with van der Waals surface area (Å²) < 4.78 is 52.0. The van der Waals surface area contributed by atoms with Crippen molar-refractivity contribution >= 4 is 23.4 Å². The van der Waals surface area contributed by atoms with Crippen molar-refractivity contribution in [2.75, 3.05) is 19.8 Å². The van der Waals surface area contributed by atoms with Gasteiger partial charge < -0.3 is 24.8 Å². The van der Waals surface area contributed by atoms with Crippen LogP contribution >= 0.6 is 11.6 Å². The average Bonchev–Trinajstić information content (AvgIpc) is 2.64. The highest BCUT2D eigenvalue weighted by atomic mass is 35.5. The van der Waals surface area contributed by atoms with Crippen LogP contribution in [0.25, 0.3) is 0 Å². The lowest BCUT2D eigenvalue weighted by atomic mass is 9.92. The van der Waals surface area contributed by atoms with Gasteiger partial charge in [0, 0.05) is 37.6 Å². The second-order valence-corrected chi connectivity index (χ2v) is 6.95. The molecule has 0 bridgehead atoms. The average molecular weight is 451 g/mol. The number of amides is 2. The van der Waals surface area contributed by atoms with E-state index in [1.807, 2.05) is 0 Å². The van der Waals surface area contributed by atoms with E-state index in [0.717, 1.165) is 6.07 Å². The van der Waals surface area contributed by atoms with Gasteiger partial charge in [0.05, 0.1) is 17.2 Å². The molecule has 1 saturated carbocycles. The molecule has 7 nitrogen and oxygen atoms in total. The third-order valence-electron chi connectivity index (χ3n) is 4.12. The predicted molar refractivity (Wildman–Crippen MR) is 102 cm³/mol. The molecule has 1 aromatic carbocycles. The Labute approximate surface area is 176 Å². The molecule has 1 fully saturated rings. The Bertz CT molecular complexity index is 760. The molecule has 0 saturated heterocycles. The fraction of sp³-hybridized carbons (Fsp3) is 0.474. The van der Waals surface area contributed by atoms with Crippen LogP contribution in [0.1, 0.15) is 19.3 Å². The summed E-state index contributed by atoms with van der Waals surface area (Å²) in [7, 11) is 0. The van der Waals surface area contributed by atoms with Gasteiger partial charge in [0.1, 0.15) is 18.2 Å². The highest BCUT2D eigenvalue weighted by molar-refractivity contribution is 6.30. The normalized spacial score (nSPS) is 17.9. The van der Waals surface area contributed by atoms with Crippen molar-refractivity contribution in [1.82, 2.24) is 10.6 Å². The van der Waals surface area contributed by atoms with Crippen molar-refractivity contribution in [3.05, 3.63) is 41.3 Å². The molecule has 0 spiro atoms. The second-order valence-electron chi connectivity index (χ2n) is 6.54. The molecule has 11 heteroatoms. The summed E-state index contributed by atoms with van der Waals surface area (Å²) in [6.45, 7) is 0.525. The number of hydrogen-bond donors (Lipinski definition) is 2. The van der Waals surface area contributed by atoms with Crippen LogP contribution in [0, 0.1) is 5.82 Å². The van der Waals surface area contributed by atoms with Crippen LogP contribution < -0.4 is 15.4 Å². The van der Waals surface area contributed by atoms with Crippen molar-refractivity contribution in [1.29, 1.82) is 0 Å². The SMILES string of the molecule is C=C(CCNC(=O)COc1ccc(Cl)c(F)c1)NC(=O)CO[C@H]1C[C@@H](OC(F)F)C1. The first-order valence-electron chi connectivity index (χ1n) is 9.10. The number of hydrogen-bond acceptors (Lipinski definition) is 5. The van der Waals surface area contributed by atoms with Crippen LogP contribution in [0.3, 0.4) is 0 Å². The summed E-state index contributed by atoms with van der Waals surface area (Å²) in [5.41, 5.74) is 0.372. The number of nitrogens with one attached hydrogen (secondary N) is 2. The van der Waals surface area contributed by atoms with Gasteiger partial charge in [-0.25, -0.2) is 4.39 Å². The Balaban J connectivity index is 1.52. The van der Waals surface area contributed by atoms with Crippen LogP contribution in [0.2, 0.25) is 5.02 Å². The molecule has 0 atom stereocenters. The maximum Gasteiger partial charge on any atom is 0.345 e. The number of benzene rings is 1. The lowest BCUT2D eigenvalue weighted by molar-refractivity contribution is -0.206. The number of halogens is 4. The summed E-state index contributed by atoms with van der Waals surface area (Å²) >= 11 is 5.56. The number of ether oxygens (including phenoxy) is 3. The standard InChI is InChI=1S/C19H22ClF3N2O5/c1-11(25-18(27)10-29-13-6-14(7-13)30-19(22)23)4-5-24-17(26)9-28-12-2-3-15(20)16(21)8-12/h2-3,8,13-14,19H,1,4-7,9-10H2,(H,24,26)(H,25,27)/t13-,14+. The third kappa shape index (κ3) is 8.60. The molecule has 2 rings (SSSR count). The van der Waals surface area contributed by atoms with Crippen molar-refractivity contribution in [3.8, 4) is 5.75 Å². The van der Waals surface area contributed by atoms with E-state index in [1.54, 1.807) is 0 Å². The topological polar surface area (TPSA) is 85.9 Å². The lowest BCUT2D eigenvalue weighted by Gasteiger charge is -2.34. The van der Waals surface area contributed by atoms with E-state index in [-0.39, 0.29) is 43.1 Å². The first-order valence-corrected chi connectivity index (χ1v) is 9.48. The van der Waals surface area contributed by atoms with Crippen LogP contribution in [-0.2, 0) is 19.1 Å². The van der Waals surface area contributed by atoms with E-state index in [0.29, 0.717) is 18.5 Å². The van der Waals surface area contributed by atoms with E-state index < -0.39 is 30.3 Å². The summed E-state index contributed by atoms with van der Waals surface area (Å²) in [5, 5.41) is 5.05. The van der Waals surface area contributed by atoms with Crippen molar-refractivity contribution in [2.24, 2.45) is 0 Å². The molecule has 1 aliphatic rings. The van der Waals surface area contributed by atoms with Gasteiger partial charge in [0.15, 0.2) is 6.61 Å². The van der Waals surface area contributed by atoms with Crippen LogP contribution in [0.5, 0.6) is 5.75 Å². The maximum atomic E-state index is 13.3. The molecule has 0 radical (unpaired) electrons. The summed E-state index contributed by atoms with van der Waals surface area (Å²) in [6, 6.07) is 3.83. The maximum absolute atomic E-state index is 13.3. The van der Waals surface area contributed by atoms with E-state index >= 15 is 0 Å². The Hall–Kier alpha value is -2.30. The first-order chi connectivity index (χ1) is 14.2. The molecule has 0 aliphatic heterocycles. The van der Waals surface area contributed by atoms with Crippen LogP contribution in [-0.4, -0.2) is 50.4 Å². The monoisotopic (exact) mass is 450 g/mol. The zero-order valence-electron chi connectivity index (χ0n) is 16.0. The zero-order chi connectivity index (χ0) is 22.1. The van der Waals surface area contributed by atoms with Gasteiger partial charge in [-0.2, -0.15) is 8.78 Å². The molecule has 1 aliphatic carbocycles. The van der Waals surface area contributed by atoms with Crippen molar-refractivity contribution in [3.63, 3.8) is 0 Å². The lowest BCUT2D eigenvalue weighted by Crippen LogP contribution is -2.40. The minimum Gasteiger partial charge on any atom is -0.484 e. The molecule has 2 amide bonds. The number of carbonyl (C=O) groups is 2. The number of rotatable bonds is 12. The van der Waals surface area contributed by atoms with Crippen molar-refractivity contribution < 1.29 is 37.0 Å². The Morgan fingerprint density at radius 1 is 1.20 bits per heavy atom. The molecule has 2 N–H and O–H groups in total. The second kappa shape index (κ2) is 11.8. The molecule has 30 heavy (non-hydrogen) atoms. The van der Waals surface area contributed by atoms with Crippen LogP contribution in [0.4, 0.5) is 13.2 Å². The molecule has 0 unspecified atom stereocenters. The summed E-state index contributed by atoms with van der Waals surface area (Å²) in [4.78, 5) is 23.5. The largest absolute Gasteiger partial charge is 0.484 e. The van der Waals surface area contributed by atoms with Crippen LogP contribution in [0.15, 0.2) is 30.5 Å². The predicted octanol–water partition coefficient (Wildman–Crippen LogP) is 2.78. The van der Waals surface area contributed by atoms with E-state index in [1.165, 1.54) is 12.1 Å². The van der Waals surface area contributed by atoms with E-state index in [9.17, 15) is 22.8 Å². The van der Waals surface area contributed by atoms with E-state index in [4.69, 9.17) is 21.1 Å². The number of carbonyl (C=O) groups excluding carboxylic acids is 2. The van der Waals surface area contributed by atoms with Crippen molar-refractivity contribution in [2.45, 2.75) is 38.1 Å². The molecular formula is C19H22ClF3N2O5. The quantitative estimate of drug-likeness (QED) is 0.511. The third-order valence-corrected chi connectivity index (χ3v) is 4.43. The van der Waals surface area contributed by atoms with Gasteiger partial charge in [0.25, 0.3) is 5.91 Å². The molecule has 0 aromatic heterocycles. The van der Waals surface area contributed by atoms with E-state index in [2.05, 4.69) is 21.9 Å². The van der Waals surface area contributed by atoms with Gasteiger partial charge in [0.2, 0.25) is 5.91 Å². The molecule has 166 valence electrons. The van der Waals surface area contributed by atoms with Gasteiger partial charge in [-0.1, -0.05) is 18.2 Å². The zero-order valence-corrected chi connectivity index (χ0v) is 16.7. The minimum absolute atomic E-state index is 0.0459. The molecular weight excluding hydrogens is 429 g/mol. The highest BCUT2D eigenvalue weighted by Crippen LogP contribution is 2.27. The van der Waals surface area contributed by atoms with Gasteiger partial charge in [-0.15, -0.1) is 0 Å². The fourth-order valence-corrected chi connectivity index (χ4v) is 2.64. The van der Waals surface area contributed by atoms with Gasteiger partial charge in [-0.3, -0.25) is 9.59 Å². The minimum atomic E-state index is -2.81. The summed E-state index contributed by atoms with van der Waals surface area (Å²) in [6.07, 6.45) is 0.0753. The number of alkyl halides is 2. The highest BCUT2D eigenvalue weighted by Gasteiger charge is 2.33. The first kappa shape index (κ1) is 24.0. The molecule has 0 heterocycles.